The van der Waals surface area contributed by atoms with Crippen LogP contribution < -0.4 is 5.32 Å². The predicted octanol–water partition coefficient (Wildman–Crippen LogP) is 3.38. The summed E-state index contributed by atoms with van der Waals surface area (Å²) >= 11 is 5.93. The molecule has 9 heteroatoms. The molecule has 2 rings (SSSR count). The number of esters is 1. The lowest BCUT2D eigenvalue weighted by atomic mass is 10.2. The maximum Gasteiger partial charge on any atom is 0.340 e. The molecule has 0 unspecified atom stereocenters. The number of sulfone groups is 1. The second kappa shape index (κ2) is 8.06. The van der Waals surface area contributed by atoms with Gasteiger partial charge in [0.25, 0.3) is 5.91 Å². The highest BCUT2D eigenvalue weighted by molar-refractivity contribution is 7.90. The number of hydrogen-bond donors (Lipinski definition) is 1. The minimum Gasteiger partial charge on any atom is -0.449 e. The zero-order chi connectivity index (χ0) is 20.4. The number of carbonyl (C=O) groups excluding carboxylic acids is 2. The number of halogens is 2. The van der Waals surface area contributed by atoms with Crippen molar-refractivity contribution in [3.63, 3.8) is 0 Å². The fourth-order valence-electron chi connectivity index (χ4n) is 2.08. The van der Waals surface area contributed by atoms with Gasteiger partial charge in [0.1, 0.15) is 5.82 Å². The third-order valence-electron chi connectivity index (χ3n) is 3.68. The third kappa shape index (κ3) is 5.27. The van der Waals surface area contributed by atoms with Crippen LogP contribution in [-0.4, -0.2) is 32.7 Å². The molecule has 0 aliphatic heterocycles. The van der Waals surface area contributed by atoms with Crippen LogP contribution in [0.2, 0.25) is 5.02 Å². The zero-order valence-electron chi connectivity index (χ0n) is 14.7. The molecule has 0 aromatic heterocycles. The van der Waals surface area contributed by atoms with Crippen LogP contribution in [0, 0.1) is 12.7 Å². The summed E-state index contributed by atoms with van der Waals surface area (Å²) in [4.78, 5) is 24.3. The van der Waals surface area contributed by atoms with Gasteiger partial charge in [-0.15, -0.1) is 0 Å². The first kappa shape index (κ1) is 20.9. The van der Waals surface area contributed by atoms with Crippen molar-refractivity contribution >= 4 is 39.0 Å². The molecule has 0 radical (unpaired) electrons. The Kier molecular flexibility index (Phi) is 6.22. The topological polar surface area (TPSA) is 89.5 Å². The molecule has 1 atom stereocenters. The molecule has 0 fully saturated rings. The molecular weight excluding hydrogens is 397 g/mol. The highest BCUT2D eigenvalue weighted by atomic mass is 35.5. The molecule has 0 aliphatic carbocycles. The summed E-state index contributed by atoms with van der Waals surface area (Å²) in [5, 5.41) is 2.42. The average Bonchev–Trinajstić information content (AvgIpc) is 2.57. The first-order valence-electron chi connectivity index (χ1n) is 7.76. The van der Waals surface area contributed by atoms with E-state index in [2.05, 4.69) is 5.32 Å². The third-order valence-corrected chi connectivity index (χ3v) is 5.12. The van der Waals surface area contributed by atoms with Gasteiger partial charge in [0.15, 0.2) is 15.9 Å². The van der Waals surface area contributed by atoms with E-state index in [4.69, 9.17) is 16.3 Å². The molecule has 0 heterocycles. The number of amides is 1. The van der Waals surface area contributed by atoms with E-state index in [0.717, 1.165) is 18.4 Å². The van der Waals surface area contributed by atoms with Crippen molar-refractivity contribution in [2.45, 2.75) is 24.8 Å². The van der Waals surface area contributed by atoms with E-state index < -0.39 is 33.6 Å². The molecule has 0 spiro atoms. The van der Waals surface area contributed by atoms with Gasteiger partial charge in [0, 0.05) is 11.9 Å². The Morgan fingerprint density at radius 1 is 1.19 bits per heavy atom. The Bertz CT molecular complexity index is 1010. The smallest absolute Gasteiger partial charge is 0.340 e. The lowest BCUT2D eigenvalue weighted by Gasteiger charge is -2.14. The van der Waals surface area contributed by atoms with Crippen LogP contribution in [0.1, 0.15) is 22.8 Å². The van der Waals surface area contributed by atoms with Gasteiger partial charge in [0.2, 0.25) is 0 Å². The maximum absolute atomic E-state index is 13.5. The minimum atomic E-state index is -3.55. The number of benzene rings is 2. The highest BCUT2D eigenvalue weighted by Crippen LogP contribution is 2.22. The highest BCUT2D eigenvalue weighted by Gasteiger charge is 2.22. The molecule has 2 aromatic rings. The summed E-state index contributed by atoms with van der Waals surface area (Å²) in [6, 6.07) is 7.76. The molecular formula is C18H17ClFNO5S. The van der Waals surface area contributed by atoms with Crippen molar-refractivity contribution in [3.05, 3.63) is 58.4 Å². The van der Waals surface area contributed by atoms with Gasteiger partial charge in [-0.1, -0.05) is 17.7 Å². The number of aryl methyl sites for hydroxylation is 1. The van der Waals surface area contributed by atoms with E-state index >= 15 is 0 Å². The molecule has 1 N–H and O–H groups in total. The summed E-state index contributed by atoms with van der Waals surface area (Å²) in [5.41, 5.74) is 0.455. The van der Waals surface area contributed by atoms with Crippen LogP contribution in [0.4, 0.5) is 10.1 Å². The van der Waals surface area contributed by atoms with E-state index in [1.165, 1.54) is 31.2 Å². The van der Waals surface area contributed by atoms with Crippen LogP contribution in [0.5, 0.6) is 0 Å². The number of anilines is 1. The standard InChI is InChI=1S/C18H17ClFNO5S/c1-10-4-5-12(8-16(10)20)21-17(22)11(2)26-18(23)14-9-13(27(3,24)25)6-7-15(14)19/h4-9,11H,1-3H3,(H,21,22)/t11-/m0/s1. The van der Waals surface area contributed by atoms with Gasteiger partial charge < -0.3 is 10.1 Å². The van der Waals surface area contributed by atoms with Gasteiger partial charge in [-0.2, -0.15) is 0 Å². The molecule has 27 heavy (non-hydrogen) atoms. The van der Waals surface area contributed by atoms with E-state index in [1.807, 2.05) is 0 Å². The zero-order valence-corrected chi connectivity index (χ0v) is 16.3. The predicted molar refractivity (Wildman–Crippen MR) is 99.2 cm³/mol. The summed E-state index contributed by atoms with van der Waals surface area (Å²) in [6.45, 7) is 2.91. The fraction of sp³-hybridized carbons (Fsp3) is 0.222. The molecule has 1 amide bonds. The lowest BCUT2D eigenvalue weighted by Crippen LogP contribution is -2.30. The Morgan fingerprint density at radius 3 is 2.44 bits per heavy atom. The first-order chi connectivity index (χ1) is 12.5. The molecule has 0 aliphatic rings. The second-order valence-corrected chi connectivity index (χ2v) is 8.34. The van der Waals surface area contributed by atoms with Gasteiger partial charge in [-0.05, 0) is 49.7 Å². The Balaban J connectivity index is 2.12. The number of rotatable bonds is 5. The van der Waals surface area contributed by atoms with E-state index in [9.17, 15) is 22.4 Å². The van der Waals surface area contributed by atoms with Crippen LogP contribution in [-0.2, 0) is 19.4 Å². The summed E-state index contributed by atoms with van der Waals surface area (Å²) in [7, 11) is -3.55. The van der Waals surface area contributed by atoms with Crippen molar-refractivity contribution in [2.24, 2.45) is 0 Å². The average molecular weight is 414 g/mol. The quantitative estimate of drug-likeness (QED) is 0.759. The van der Waals surface area contributed by atoms with Gasteiger partial charge in [0.05, 0.1) is 15.5 Å². The van der Waals surface area contributed by atoms with Crippen molar-refractivity contribution < 1.29 is 27.1 Å². The van der Waals surface area contributed by atoms with Gasteiger partial charge in [-0.25, -0.2) is 17.6 Å². The first-order valence-corrected chi connectivity index (χ1v) is 10.0. The van der Waals surface area contributed by atoms with Crippen molar-refractivity contribution in [1.82, 2.24) is 0 Å². The summed E-state index contributed by atoms with van der Waals surface area (Å²) < 4.78 is 41.8. The molecule has 2 aromatic carbocycles. The number of nitrogens with one attached hydrogen (secondary N) is 1. The lowest BCUT2D eigenvalue weighted by molar-refractivity contribution is -0.123. The maximum atomic E-state index is 13.5. The Hall–Kier alpha value is -2.45. The van der Waals surface area contributed by atoms with Crippen LogP contribution in [0.3, 0.4) is 0 Å². The number of hydrogen-bond acceptors (Lipinski definition) is 5. The van der Waals surface area contributed by atoms with E-state index in [-0.39, 0.29) is 21.2 Å². The van der Waals surface area contributed by atoms with E-state index in [0.29, 0.717) is 5.56 Å². The fourth-order valence-corrected chi connectivity index (χ4v) is 2.93. The molecule has 0 saturated heterocycles. The van der Waals surface area contributed by atoms with Gasteiger partial charge >= 0.3 is 5.97 Å². The summed E-state index contributed by atoms with van der Waals surface area (Å²) in [5.74, 6) is -2.12. The van der Waals surface area contributed by atoms with Crippen molar-refractivity contribution in [3.8, 4) is 0 Å². The largest absolute Gasteiger partial charge is 0.449 e. The molecule has 6 nitrogen and oxygen atoms in total. The van der Waals surface area contributed by atoms with Crippen LogP contribution in [0.25, 0.3) is 0 Å². The van der Waals surface area contributed by atoms with Gasteiger partial charge in [-0.3, -0.25) is 4.79 Å². The molecule has 0 saturated carbocycles. The Morgan fingerprint density at radius 2 is 1.85 bits per heavy atom. The SMILES string of the molecule is Cc1ccc(NC(=O)[C@H](C)OC(=O)c2cc(S(C)(=O)=O)ccc2Cl)cc1F. The normalized spacial score (nSPS) is 12.3. The molecule has 144 valence electrons. The van der Waals surface area contributed by atoms with Crippen molar-refractivity contribution in [2.75, 3.05) is 11.6 Å². The second-order valence-electron chi connectivity index (χ2n) is 5.91. The summed E-state index contributed by atoms with van der Waals surface area (Å²) in [6.07, 6.45) is -0.234. The monoisotopic (exact) mass is 413 g/mol. The van der Waals surface area contributed by atoms with E-state index in [1.54, 1.807) is 6.92 Å². The van der Waals surface area contributed by atoms with Crippen molar-refractivity contribution in [1.29, 1.82) is 0 Å². The molecule has 0 bridgehead atoms. The van der Waals surface area contributed by atoms with Crippen LogP contribution >= 0.6 is 11.6 Å². The van der Waals surface area contributed by atoms with Crippen LogP contribution in [0.15, 0.2) is 41.3 Å². The number of carbonyl (C=O) groups is 2. The number of ether oxygens (including phenoxy) is 1. The Labute approximate surface area is 161 Å². The minimum absolute atomic E-state index is 0.0133.